The Morgan fingerprint density at radius 3 is 2.16 bits per heavy atom. The highest BCUT2D eigenvalue weighted by Crippen LogP contribution is 2.38. The van der Waals surface area contributed by atoms with Crippen LogP contribution in [0.3, 0.4) is 0 Å². The van der Waals surface area contributed by atoms with E-state index in [1.54, 1.807) is 13.8 Å². The number of aliphatic hydroxyl groups is 1. The van der Waals surface area contributed by atoms with E-state index >= 15 is 0 Å². The predicted octanol–water partition coefficient (Wildman–Crippen LogP) is 1.95. The highest BCUT2D eigenvalue weighted by atomic mass is 16.3. The molecule has 1 aliphatic rings. The molecule has 0 spiro atoms. The molecule has 0 aromatic heterocycles. The first-order chi connectivity index (χ1) is 8.62. The predicted molar refractivity (Wildman–Crippen MR) is 77.7 cm³/mol. The molecular formula is C15H30N2O2. The molecular weight excluding hydrogens is 240 g/mol. The third-order valence-electron chi connectivity index (χ3n) is 4.86. The van der Waals surface area contributed by atoms with Crippen molar-refractivity contribution in [1.29, 1.82) is 0 Å². The van der Waals surface area contributed by atoms with Gasteiger partial charge in [0, 0.05) is 6.42 Å². The molecule has 4 nitrogen and oxygen atoms in total. The highest BCUT2D eigenvalue weighted by molar-refractivity contribution is 5.77. The maximum absolute atomic E-state index is 12.3. The van der Waals surface area contributed by atoms with Gasteiger partial charge >= 0.3 is 0 Å². The number of rotatable bonds is 5. The Balaban J connectivity index is 2.64. The van der Waals surface area contributed by atoms with Crippen LogP contribution in [0.15, 0.2) is 0 Å². The molecule has 0 saturated heterocycles. The average molecular weight is 270 g/mol. The van der Waals surface area contributed by atoms with E-state index in [2.05, 4.69) is 5.32 Å². The molecule has 0 unspecified atom stereocenters. The van der Waals surface area contributed by atoms with Crippen LogP contribution in [0.2, 0.25) is 0 Å². The number of nitrogens with one attached hydrogen (secondary N) is 1. The minimum Gasteiger partial charge on any atom is -0.388 e. The second kappa shape index (κ2) is 5.80. The van der Waals surface area contributed by atoms with Gasteiger partial charge in [0.25, 0.3) is 0 Å². The van der Waals surface area contributed by atoms with Crippen LogP contribution >= 0.6 is 0 Å². The SMILES string of the molecule is CC(C)(O)C(C)(C)NC(=O)CC1(CN)CCCCC1. The second-order valence-electron chi connectivity index (χ2n) is 7.17. The van der Waals surface area contributed by atoms with Gasteiger partial charge in [-0.25, -0.2) is 0 Å². The minimum absolute atomic E-state index is 0.000486. The number of carbonyl (C=O) groups excluding carboxylic acids is 1. The van der Waals surface area contributed by atoms with Gasteiger partial charge in [0.05, 0.1) is 11.1 Å². The Hall–Kier alpha value is -0.610. The van der Waals surface area contributed by atoms with Gasteiger partial charge in [-0.1, -0.05) is 19.3 Å². The Bertz CT molecular complexity index is 313. The fourth-order valence-electron chi connectivity index (χ4n) is 2.64. The minimum atomic E-state index is -0.953. The summed E-state index contributed by atoms with van der Waals surface area (Å²) in [6, 6.07) is 0. The lowest BCUT2D eigenvalue weighted by atomic mass is 9.71. The zero-order chi connectivity index (χ0) is 14.7. The second-order valence-corrected chi connectivity index (χ2v) is 7.17. The van der Waals surface area contributed by atoms with Crippen LogP contribution in [0.25, 0.3) is 0 Å². The largest absolute Gasteiger partial charge is 0.388 e. The highest BCUT2D eigenvalue weighted by Gasteiger charge is 2.39. The third kappa shape index (κ3) is 4.18. The van der Waals surface area contributed by atoms with Crippen LogP contribution in [0.1, 0.15) is 66.2 Å². The molecule has 1 aliphatic carbocycles. The van der Waals surface area contributed by atoms with Crippen LogP contribution in [0, 0.1) is 5.41 Å². The zero-order valence-corrected chi connectivity index (χ0v) is 12.9. The van der Waals surface area contributed by atoms with E-state index < -0.39 is 11.1 Å². The fourth-order valence-corrected chi connectivity index (χ4v) is 2.64. The van der Waals surface area contributed by atoms with Gasteiger partial charge in [0.1, 0.15) is 0 Å². The van der Waals surface area contributed by atoms with Gasteiger partial charge < -0.3 is 16.2 Å². The Labute approximate surface area is 117 Å². The maximum atomic E-state index is 12.3. The molecule has 0 aromatic carbocycles. The van der Waals surface area contributed by atoms with Crippen LogP contribution in [-0.2, 0) is 4.79 Å². The molecule has 1 amide bonds. The van der Waals surface area contributed by atoms with Crippen LogP contribution in [0.4, 0.5) is 0 Å². The lowest BCUT2D eigenvalue weighted by Crippen LogP contribution is -2.58. The Kier molecular flexibility index (Phi) is 5.02. The van der Waals surface area contributed by atoms with Crippen molar-refractivity contribution in [3.8, 4) is 0 Å². The van der Waals surface area contributed by atoms with Crippen molar-refractivity contribution in [2.24, 2.45) is 11.1 Å². The summed E-state index contributed by atoms with van der Waals surface area (Å²) in [5, 5.41) is 13.0. The summed E-state index contributed by atoms with van der Waals surface area (Å²) in [5.74, 6) is -0.000486. The topological polar surface area (TPSA) is 75.3 Å². The van der Waals surface area contributed by atoms with Crippen molar-refractivity contribution in [3.63, 3.8) is 0 Å². The third-order valence-corrected chi connectivity index (χ3v) is 4.86. The fraction of sp³-hybridized carbons (Fsp3) is 0.933. The van der Waals surface area contributed by atoms with Crippen molar-refractivity contribution in [3.05, 3.63) is 0 Å². The summed E-state index contributed by atoms with van der Waals surface area (Å²) in [6.45, 7) is 7.70. The number of hydrogen-bond acceptors (Lipinski definition) is 3. The summed E-state index contributed by atoms with van der Waals surface area (Å²) in [6.07, 6.45) is 6.14. The van der Waals surface area contributed by atoms with E-state index in [0.29, 0.717) is 13.0 Å². The van der Waals surface area contributed by atoms with Crippen molar-refractivity contribution in [1.82, 2.24) is 5.32 Å². The molecule has 4 heteroatoms. The summed E-state index contributed by atoms with van der Waals surface area (Å²) in [4.78, 5) is 12.3. The van der Waals surface area contributed by atoms with E-state index in [1.807, 2.05) is 13.8 Å². The number of nitrogens with two attached hydrogens (primary N) is 1. The first-order valence-corrected chi connectivity index (χ1v) is 7.35. The first kappa shape index (κ1) is 16.4. The molecule has 112 valence electrons. The normalized spacial score (nSPS) is 20.1. The molecule has 0 atom stereocenters. The quantitative estimate of drug-likeness (QED) is 0.715. The van der Waals surface area contributed by atoms with Gasteiger partial charge in [-0.3, -0.25) is 4.79 Å². The van der Waals surface area contributed by atoms with Crippen LogP contribution in [-0.4, -0.2) is 28.7 Å². The van der Waals surface area contributed by atoms with Gasteiger partial charge in [-0.05, 0) is 52.5 Å². The standard InChI is InChI=1S/C15H30N2O2/c1-13(2,14(3,4)19)17-12(18)10-15(11-16)8-6-5-7-9-15/h19H,5-11,16H2,1-4H3,(H,17,18). The van der Waals surface area contributed by atoms with Gasteiger partial charge in [-0.2, -0.15) is 0 Å². The van der Waals surface area contributed by atoms with Crippen LogP contribution in [0.5, 0.6) is 0 Å². The number of carbonyl (C=O) groups is 1. The summed E-state index contributed by atoms with van der Waals surface area (Å²) in [5.41, 5.74) is 4.28. The number of hydrogen-bond donors (Lipinski definition) is 3. The van der Waals surface area contributed by atoms with Crippen molar-refractivity contribution in [2.75, 3.05) is 6.54 Å². The molecule has 4 N–H and O–H groups in total. The van der Waals surface area contributed by atoms with Gasteiger partial charge in [0.15, 0.2) is 0 Å². The molecule has 0 aromatic rings. The van der Waals surface area contributed by atoms with Gasteiger partial charge in [0.2, 0.25) is 5.91 Å². The monoisotopic (exact) mass is 270 g/mol. The van der Waals surface area contributed by atoms with Gasteiger partial charge in [-0.15, -0.1) is 0 Å². The van der Waals surface area contributed by atoms with E-state index in [-0.39, 0.29) is 11.3 Å². The molecule has 0 aliphatic heterocycles. The summed E-state index contributed by atoms with van der Waals surface area (Å²) >= 11 is 0. The number of amides is 1. The zero-order valence-electron chi connectivity index (χ0n) is 12.9. The molecule has 0 radical (unpaired) electrons. The lowest BCUT2D eigenvalue weighted by Gasteiger charge is -2.40. The molecule has 1 rings (SSSR count). The average Bonchev–Trinajstić information content (AvgIpc) is 2.27. The van der Waals surface area contributed by atoms with E-state index in [4.69, 9.17) is 5.73 Å². The molecule has 1 fully saturated rings. The molecule has 0 bridgehead atoms. The van der Waals surface area contributed by atoms with E-state index in [1.165, 1.54) is 19.3 Å². The Morgan fingerprint density at radius 2 is 1.74 bits per heavy atom. The van der Waals surface area contributed by atoms with E-state index in [9.17, 15) is 9.90 Å². The summed E-state index contributed by atoms with van der Waals surface area (Å²) < 4.78 is 0. The van der Waals surface area contributed by atoms with Crippen LogP contribution < -0.4 is 11.1 Å². The van der Waals surface area contributed by atoms with E-state index in [0.717, 1.165) is 12.8 Å². The summed E-state index contributed by atoms with van der Waals surface area (Å²) in [7, 11) is 0. The van der Waals surface area contributed by atoms with Crippen molar-refractivity contribution >= 4 is 5.91 Å². The van der Waals surface area contributed by atoms with Crippen molar-refractivity contribution in [2.45, 2.75) is 77.4 Å². The smallest absolute Gasteiger partial charge is 0.221 e. The molecule has 0 heterocycles. The first-order valence-electron chi connectivity index (χ1n) is 7.35. The molecule has 19 heavy (non-hydrogen) atoms. The van der Waals surface area contributed by atoms with Crippen molar-refractivity contribution < 1.29 is 9.90 Å². The lowest BCUT2D eigenvalue weighted by molar-refractivity contribution is -0.129. The Morgan fingerprint density at radius 1 is 1.21 bits per heavy atom. The molecule has 1 saturated carbocycles. The maximum Gasteiger partial charge on any atom is 0.221 e.